The minimum atomic E-state index is -4.07. The number of nitrogens with two attached hydrogens (primary N) is 1. The van der Waals surface area contributed by atoms with Gasteiger partial charge in [0.25, 0.3) is 0 Å². The molecule has 0 bridgehead atoms. The standard InChI is InChI=1S/C9H13N3O3S2/c1-7-3-2-4-8(12-7)5-11-9(10)6-16-17(13,14)15/h2-4H,5-6H2,1H3,(H2,10,11)(H,13,14,15). The maximum atomic E-state index is 10.5. The third kappa shape index (κ3) is 6.25. The number of amidine groups is 1. The van der Waals surface area contributed by atoms with Gasteiger partial charge in [-0.05, 0) is 19.1 Å². The molecule has 17 heavy (non-hydrogen) atoms. The number of aliphatic imine (C=N–C) groups is 1. The first-order valence-electron chi connectivity index (χ1n) is 4.70. The number of hydrogen-bond acceptors (Lipinski definition) is 5. The van der Waals surface area contributed by atoms with Crippen LogP contribution in [0.4, 0.5) is 0 Å². The second-order valence-electron chi connectivity index (χ2n) is 3.27. The highest BCUT2D eigenvalue weighted by atomic mass is 33.1. The average molecular weight is 275 g/mol. The van der Waals surface area contributed by atoms with Crippen molar-refractivity contribution in [1.82, 2.24) is 4.98 Å². The van der Waals surface area contributed by atoms with Gasteiger partial charge in [0.2, 0.25) is 0 Å². The molecule has 8 heteroatoms. The first kappa shape index (κ1) is 13.9. The second-order valence-corrected chi connectivity index (χ2v) is 6.62. The third-order valence-electron chi connectivity index (χ3n) is 1.75. The molecular formula is C9H13N3O3S2. The molecule has 94 valence electrons. The van der Waals surface area contributed by atoms with Gasteiger partial charge in [0, 0.05) is 16.5 Å². The predicted molar refractivity (Wildman–Crippen MR) is 68.3 cm³/mol. The fourth-order valence-electron chi connectivity index (χ4n) is 1.05. The van der Waals surface area contributed by atoms with Crippen LogP contribution in [0.2, 0.25) is 0 Å². The Balaban J connectivity index is 2.53. The summed E-state index contributed by atoms with van der Waals surface area (Å²) in [5.74, 6) is 0.0842. The Morgan fingerprint density at radius 2 is 2.29 bits per heavy atom. The van der Waals surface area contributed by atoms with E-state index in [-0.39, 0.29) is 11.6 Å². The summed E-state index contributed by atoms with van der Waals surface area (Å²) in [6.07, 6.45) is 0. The number of aryl methyl sites for hydroxylation is 1. The van der Waals surface area contributed by atoms with E-state index in [9.17, 15) is 8.42 Å². The van der Waals surface area contributed by atoms with Crippen molar-refractivity contribution in [3.63, 3.8) is 0 Å². The molecule has 0 amide bonds. The Hall–Kier alpha value is -1.12. The minimum absolute atomic E-state index is 0.0648. The Kier molecular flexibility index (Phi) is 4.91. The first-order valence-corrected chi connectivity index (χ1v) is 7.64. The van der Waals surface area contributed by atoms with Crippen LogP contribution in [0.3, 0.4) is 0 Å². The Morgan fingerprint density at radius 3 is 2.88 bits per heavy atom. The molecule has 1 aromatic heterocycles. The number of pyridine rings is 1. The highest BCUT2D eigenvalue weighted by Crippen LogP contribution is 2.08. The number of aromatic nitrogens is 1. The van der Waals surface area contributed by atoms with Gasteiger partial charge >= 0.3 is 9.15 Å². The number of hydrogen-bond donors (Lipinski definition) is 2. The quantitative estimate of drug-likeness (QED) is 0.356. The van der Waals surface area contributed by atoms with E-state index in [1.807, 2.05) is 19.1 Å². The molecule has 0 spiro atoms. The molecule has 0 fully saturated rings. The van der Waals surface area contributed by atoms with Gasteiger partial charge in [-0.15, -0.1) is 0 Å². The summed E-state index contributed by atoms with van der Waals surface area (Å²) < 4.78 is 29.4. The normalized spacial score (nSPS) is 12.7. The maximum absolute atomic E-state index is 10.5. The van der Waals surface area contributed by atoms with Crippen molar-refractivity contribution in [1.29, 1.82) is 0 Å². The summed E-state index contributed by atoms with van der Waals surface area (Å²) >= 11 is 0. The topological polar surface area (TPSA) is 106 Å². The van der Waals surface area contributed by atoms with Crippen molar-refractivity contribution in [2.24, 2.45) is 10.7 Å². The lowest BCUT2D eigenvalue weighted by Crippen LogP contribution is -2.16. The summed E-state index contributed by atoms with van der Waals surface area (Å²) in [6, 6.07) is 5.53. The van der Waals surface area contributed by atoms with Gasteiger partial charge in [-0.1, -0.05) is 6.07 Å². The largest absolute Gasteiger partial charge is 0.387 e. The summed E-state index contributed by atoms with van der Waals surface area (Å²) in [5.41, 5.74) is 7.13. The highest BCUT2D eigenvalue weighted by Gasteiger charge is 2.06. The molecule has 0 atom stereocenters. The van der Waals surface area contributed by atoms with Crippen LogP contribution in [0.1, 0.15) is 11.4 Å². The fraction of sp³-hybridized carbons (Fsp3) is 0.333. The lowest BCUT2D eigenvalue weighted by molar-refractivity contribution is 0.503. The summed E-state index contributed by atoms with van der Waals surface area (Å²) in [4.78, 5) is 8.19. The molecular weight excluding hydrogens is 262 g/mol. The van der Waals surface area contributed by atoms with E-state index in [4.69, 9.17) is 10.3 Å². The zero-order chi connectivity index (χ0) is 12.9. The molecule has 0 aliphatic rings. The fourth-order valence-corrected chi connectivity index (χ4v) is 2.22. The zero-order valence-electron chi connectivity index (χ0n) is 9.20. The van der Waals surface area contributed by atoms with Gasteiger partial charge in [-0.3, -0.25) is 14.5 Å². The number of nitrogens with zero attached hydrogens (tertiary/aromatic N) is 2. The number of rotatable bonds is 5. The Labute approximate surface area is 103 Å². The van der Waals surface area contributed by atoms with Crippen LogP contribution in [0.15, 0.2) is 23.2 Å². The van der Waals surface area contributed by atoms with Gasteiger partial charge in [-0.2, -0.15) is 8.42 Å². The molecule has 0 aliphatic heterocycles. The average Bonchev–Trinajstić information content (AvgIpc) is 2.23. The van der Waals surface area contributed by atoms with Crippen molar-refractivity contribution in [2.45, 2.75) is 13.5 Å². The smallest absolute Gasteiger partial charge is 0.320 e. The van der Waals surface area contributed by atoms with Crippen molar-refractivity contribution < 1.29 is 13.0 Å². The molecule has 1 aromatic rings. The molecule has 0 radical (unpaired) electrons. The maximum Gasteiger partial charge on any atom is 0.320 e. The lowest BCUT2D eigenvalue weighted by atomic mass is 10.3. The lowest BCUT2D eigenvalue weighted by Gasteiger charge is -2.00. The summed E-state index contributed by atoms with van der Waals surface area (Å²) in [6.45, 7) is 2.16. The van der Waals surface area contributed by atoms with E-state index in [0.717, 1.165) is 11.4 Å². The predicted octanol–water partition coefficient (Wildman–Crippen LogP) is 0.783. The highest BCUT2D eigenvalue weighted by molar-refractivity contribution is 8.70. The van der Waals surface area contributed by atoms with Gasteiger partial charge in [0.05, 0.1) is 18.0 Å². The van der Waals surface area contributed by atoms with E-state index >= 15 is 0 Å². The van der Waals surface area contributed by atoms with E-state index in [1.165, 1.54) is 0 Å². The van der Waals surface area contributed by atoms with E-state index < -0.39 is 9.15 Å². The second kappa shape index (κ2) is 5.99. The summed E-state index contributed by atoms with van der Waals surface area (Å²) in [5, 5.41) is 0. The van der Waals surface area contributed by atoms with Gasteiger partial charge in [-0.25, -0.2) is 0 Å². The van der Waals surface area contributed by atoms with Crippen LogP contribution < -0.4 is 5.73 Å². The van der Waals surface area contributed by atoms with E-state index in [0.29, 0.717) is 17.3 Å². The summed E-state index contributed by atoms with van der Waals surface area (Å²) in [7, 11) is -3.74. The molecule has 1 rings (SSSR count). The molecule has 0 saturated carbocycles. The SMILES string of the molecule is Cc1cccc(CN=C(N)CSS(=O)(=O)O)n1. The van der Waals surface area contributed by atoms with Crippen LogP contribution in [0.25, 0.3) is 0 Å². The molecule has 3 N–H and O–H groups in total. The van der Waals surface area contributed by atoms with E-state index in [1.54, 1.807) is 6.07 Å². The van der Waals surface area contributed by atoms with Crippen LogP contribution in [0, 0.1) is 6.92 Å². The van der Waals surface area contributed by atoms with Crippen molar-refractivity contribution in [3.05, 3.63) is 29.6 Å². The van der Waals surface area contributed by atoms with Gasteiger partial charge < -0.3 is 5.73 Å². The monoisotopic (exact) mass is 275 g/mol. The molecule has 0 aromatic carbocycles. The first-order chi connectivity index (χ1) is 7.87. The van der Waals surface area contributed by atoms with Crippen molar-refractivity contribution in [2.75, 3.05) is 5.75 Å². The van der Waals surface area contributed by atoms with E-state index in [2.05, 4.69) is 9.98 Å². The van der Waals surface area contributed by atoms with Crippen molar-refractivity contribution >= 4 is 25.8 Å². The van der Waals surface area contributed by atoms with Crippen LogP contribution >= 0.6 is 10.8 Å². The van der Waals surface area contributed by atoms with Crippen LogP contribution in [-0.2, 0) is 15.7 Å². The van der Waals surface area contributed by atoms with Gasteiger partial charge in [0.1, 0.15) is 5.84 Å². The third-order valence-corrected chi connectivity index (χ3v) is 3.70. The van der Waals surface area contributed by atoms with Crippen molar-refractivity contribution in [3.8, 4) is 0 Å². The van der Waals surface area contributed by atoms with Crippen LogP contribution in [0.5, 0.6) is 0 Å². The van der Waals surface area contributed by atoms with Gasteiger partial charge in [0.15, 0.2) is 0 Å². The molecule has 0 aliphatic carbocycles. The Morgan fingerprint density at radius 1 is 1.59 bits per heavy atom. The molecule has 0 saturated heterocycles. The zero-order valence-corrected chi connectivity index (χ0v) is 10.8. The molecule has 1 heterocycles. The van der Waals surface area contributed by atoms with Crippen LogP contribution in [-0.4, -0.2) is 29.5 Å². The molecule has 6 nitrogen and oxygen atoms in total. The molecule has 0 unspecified atom stereocenters. The minimum Gasteiger partial charge on any atom is -0.387 e. The Bertz CT molecular complexity index is 514.